The molecule has 0 radical (unpaired) electrons. The number of fused-ring (bicyclic) bond motifs is 7. The molecule has 5 aliphatic rings. The summed E-state index contributed by atoms with van der Waals surface area (Å²) in [5.74, 6) is 3.63. The Kier molecular flexibility index (Phi) is 5.02. The number of hydrogen-bond acceptors (Lipinski definition) is 2. The van der Waals surface area contributed by atoms with Crippen LogP contribution in [-0.2, 0) is 0 Å². The van der Waals surface area contributed by atoms with Crippen molar-refractivity contribution in [2.24, 2.45) is 56.7 Å². The summed E-state index contributed by atoms with van der Waals surface area (Å²) in [6.07, 6.45) is 11.4. The molecule has 0 bridgehead atoms. The van der Waals surface area contributed by atoms with Gasteiger partial charge >= 0.3 is 0 Å². The van der Waals surface area contributed by atoms with E-state index in [1.54, 1.807) is 0 Å². The van der Waals surface area contributed by atoms with Crippen molar-refractivity contribution in [1.29, 1.82) is 0 Å². The van der Waals surface area contributed by atoms with Gasteiger partial charge in [0.1, 0.15) is 0 Å². The molecule has 5 rings (SSSR count). The second-order valence-corrected chi connectivity index (χ2v) is 14.8. The molecular weight excluding hydrogens is 392 g/mol. The van der Waals surface area contributed by atoms with E-state index in [1.807, 2.05) is 0 Å². The summed E-state index contributed by atoms with van der Waals surface area (Å²) in [7, 11) is 0. The maximum atomic E-state index is 10.9. The molecule has 0 heterocycles. The molecule has 4 saturated carbocycles. The van der Waals surface area contributed by atoms with Crippen LogP contribution in [-0.4, -0.2) is 22.4 Å². The predicted molar refractivity (Wildman–Crippen MR) is 132 cm³/mol. The molecule has 10 atom stereocenters. The number of aliphatic hydroxyl groups excluding tert-OH is 2. The van der Waals surface area contributed by atoms with Crippen molar-refractivity contribution in [1.82, 2.24) is 0 Å². The Labute approximate surface area is 197 Å². The van der Waals surface area contributed by atoms with E-state index in [-0.39, 0.29) is 10.8 Å². The Hall–Kier alpha value is -0.340. The molecule has 0 amide bonds. The van der Waals surface area contributed by atoms with Crippen LogP contribution in [0.1, 0.15) is 107 Å². The first kappa shape index (κ1) is 23.4. The molecule has 0 aromatic heterocycles. The molecule has 0 aromatic carbocycles. The van der Waals surface area contributed by atoms with Gasteiger partial charge in [-0.1, -0.05) is 67.0 Å². The van der Waals surface area contributed by atoms with E-state index in [0.717, 1.165) is 30.6 Å². The standard InChI is InChI=1S/C30H50O2/c1-18(2)19-9-11-23-27(19,5)13-15-30(8)24-12-10-20-21(17-22(31)25(32)26(20,3)4)28(24,6)14-16-29(23,30)7/h10,18-19,21-25,31-32H,9,11-17H2,1-8H3/t19-,21-,22+,23-,24+,25+,27-,28+,29+,30-/m1/s1. The zero-order chi connectivity index (χ0) is 23.5. The minimum atomic E-state index is -0.642. The molecule has 0 saturated heterocycles. The van der Waals surface area contributed by atoms with Crippen molar-refractivity contribution < 1.29 is 10.2 Å². The first-order valence-electron chi connectivity index (χ1n) is 13.8. The van der Waals surface area contributed by atoms with E-state index >= 15 is 0 Å². The maximum absolute atomic E-state index is 10.9. The second kappa shape index (κ2) is 6.87. The van der Waals surface area contributed by atoms with Gasteiger partial charge in [0.15, 0.2) is 0 Å². The van der Waals surface area contributed by atoms with Gasteiger partial charge < -0.3 is 10.2 Å². The van der Waals surface area contributed by atoms with E-state index in [2.05, 4.69) is 61.5 Å². The summed E-state index contributed by atoms with van der Waals surface area (Å²) in [5, 5.41) is 21.7. The van der Waals surface area contributed by atoms with Gasteiger partial charge in [-0.3, -0.25) is 0 Å². The van der Waals surface area contributed by atoms with Gasteiger partial charge in [0, 0.05) is 5.41 Å². The van der Waals surface area contributed by atoms with Crippen molar-refractivity contribution in [3.8, 4) is 0 Å². The van der Waals surface area contributed by atoms with E-state index in [1.165, 1.54) is 44.1 Å². The van der Waals surface area contributed by atoms with Gasteiger partial charge in [0.2, 0.25) is 0 Å². The molecule has 5 aliphatic carbocycles. The highest BCUT2D eigenvalue weighted by molar-refractivity contribution is 5.31. The van der Waals surface area contributed by atoms with Gasteiger partial charge in [-0.25, -0.2) is 0 Å². The van der Waals surface area contributed by atoms with Crippen LogP contribution in [0.15, 0.2) is 11.6 Å². The molecule has 2 nitrogen and oxygen atoms in total. The van der Waals surface area contributed by atoms with Crippen molar-refractivity contribution in [3.63, 3.8) is 0 Å². The van der Waals surface area contributed by atoms with E-state index < -0.39 is 12.2 Å². The molecular formula is C30H50O2. The minimum Gasteiger partial charge on any atom is -0.390 e. The number of hydrogen-bond donors (Lipinski definition) is 2. The highest BCUT2D eigenvalue weighted by atomic mass is 16.3. The van der Waals surface area contributed by atoms with Crippen LogP contribution in [0.3, 0.4) is 0 Å². The van der Waals surface area contributed by atoms with Gasteiger partial charge in [-0.05, 0) is 103 Å². The molecule has 32 heavy (non-hydrogen) atoms. The lowest BCUT2D eigenvalue weighted by molar-refractivity contribution is -0.218. The van der Waals surface area contributed by atoms with Crippen molar-refractivity contribution in [3.05, 3.63) is 11.6 Å². The fourth-order valence-corrected chi connectivity index (χ4v) is 11.3. The number of rotatable bonds is 1. The monoisotopic (exact) mass is 442 g/mol. The Morgan fingerprint density at radius 3 is 2.03 bits per heavy atom. The van der Waals surface area contributed by atoms with Crippen LogP contribution in [0, 0.1) is 56.7 Å². The zero-order valence-corrected chi connectivity index (χ0v) is 22.2. The molecule has 2 N–H and O–H groups in total. The molecule has 2 heteroatoms. The topological polar surface area (TPSA) is 40.5 Å². The Balaban J connectivity index is 1.55. The fraction of sp³-hybridized carbons (Fsp3) is 0.933. The van der Waals surface area contributed by atoms with E-state index in [0.29, 0.717) is 28.1 Å². The summed E-state index contributed by atoms with van der Waals surface area (Å²) < 4.78 is 0. The summed E-state index contributed by atoms with van der Waals surface area (Å²) in [6.45, 7) is 19.8. The van der Waals surface area contributed by atoms with Crippen LogP contribution in [0.2, 0.25) is 0 Å². The first-order valence-corrected chi connectivity index (χ1v) is 13.8. The van der Waals surface area contributed by atoms with Gasteiger partial charge in [0.05, 0.1) is 12.2 Å². The number of allylic oxidation sites excluding steroid dienone is 1. The lowest BCUT2D eigenvalue weighted by atomic mass is 9.33. The van der Waals surface area contributed by atoms with Crippen LogP contribution in [0.4, 0.5) is 0 Å². The van der Waals surface area contributed by atoms with E-state index in [9.17, 15) is 10.2 Å². The molecule has 0 spiro atoms. The Morgan fingerprint density at radius 2 is 1.41 bits per heavy atom. The Bertz CT molecular complexity index is 812. The molecule has 4 fully saturated rings. The summed E-state index contributed by atoms with van der Waals surface area (Å²) in [5.41, 5.74) is 2.66. The number of aliphatic hydroxyl groups is 2. The second-order valence-electron chi connectivity index (χ2n) is 14.8. The fourth-order valence-electron chi connectivity index (χ4n) is 11.3. The van der Waals surface area contributed by atoms with Crippen molar-refractivity contribution in [2.75, 3.05) is 0 Å². The van der Waals surface area contributed by atoms with Crippen LogP contribution < -0.4 is 0 Å². The smallest absolute Gasteiger partial charge is 0.0887 e. The van der Waals surface area contributed by atoms with Crippen molar-refractivity contribution in [2.45, 2.75) is 119 Å². The summed E-state index contributed by atoms with van der Waals surface area (Å²) in [6, 6.07) is 0. The average Bonchev–Trinajstić information content (AvgIpc) is 3.07. The normalized spacial score (nSPS) is 56.7. The van der Waals surface area contributed by atoms with Gasteiger partial charge in [-0.15, -0.1) is 0 Å². The zero-order valence-electron chi connectivity index (χ0n) is 22.2. The third-order valence-corrected chi connectivity index (χ3v) is 13.3. The van der Waals surface area contributed by atoms with Gasteiger partial charge in [0.25, 0.3) is 0 Å². The van der Waals surface area contributed by atoms with E-state index in [4.69, 9.17) is 0 Å². The van der Waals surface area contributed by atoms with Crippen LogP contribution in [0.5, 0.6) is 0 Å². The molecule has 0 aliphatic heterocycles. The molecule has 0 unspecified atom stereocenters. The van der Waals surface area contributed by atoms with Gasteiger partial charge in [-0.2, -0.15) is 0 Å². The third kappa shape index (κ3) is 2.61. The summed E-state index contributed by atoms with van der Waals surface area (Å²) in [4.78, 5) is 0. The molecule has 0 aromatic rings. The lowest BCUT2D eigenvalue weighted by Crippen LogP contribution is -2.65. The summed E-state index contributed by atoms with van der Waals surface area (Å²) >= 11 is 0. The first-order chi connectivity index (χ1) is 14.7. The highest BCUT2D eigenvalue weighted by Gasteiger charge is 2.70. The van der Waals surface area contributed by atoms with Crippen LogP contribution >= 0.6 is 0 Å². The van der Waals surface area contributed by atoms with Crippen LogP contribution in [0.25, 0.3) is 0 Å². The largest absolute Gasteiger partial charge is 0.390 e. The third-order valence-electron chi connectivity index (χ3n) is 13.3. The average molecular weight is 443 g/mol. The molecule has 182 valence electrons. The SMILES string of the molecule is CC(C)[C@H]1CC[C@@H]2[C@]1(C)CC[C@]1(C)[C@H]3CC=C4[C@@H](C[C@H](O)[C@H](O)C4(C)C)[C@]3(C)CC[C@@]21C. The minimum absolute atomic E-state index is 0.237. The Morgan fingerprint density at radius 1 is 0.812 bits per heavy atom. The predicted octanol–water partition coefficient (Wildman–Crippen LogP) is 7.00. The maximum Gasteiger partial charge on any atom is 0.0887 e. The lowest BCUT2D eigenvalue weighted by Gasteiger charge is -2.71. The highest BCUT2D eigenvalue weighted by Crippen LogP contribution is 2.77. The van der Waals surface area contributed by atoms with Crippen molar-refractivity contribution >= 4 is 0 Å². The quantitative estimate of drug-likeness (QED) is 0.429.